The Labute approximate surface area is 638 Å². The summed E-state index contributed by atoms with van der Waals surface area (Å²) in [6.07, 6.45) is 6.61. The zero-order valence-corrected chi connectivity index (χ0v) is 62.6. The number of benzene rings is 14. The number of aromatic nitrogens is 3. The predicted octanol–water partition coefficient (Wildman–Crippen LogP) is 23.5. The highest BCUT2D eigenvalue weighted by molar-refractivity contribution is 5.91. The van der Waals surface area contributed by atoms with Gasteiger partial charge in [0, 0.05) is 88.1 Å². The minimum Gasteiger partial charge on any atom is -0.201 e. The summed E-state index contributed by atoms with van der Waals surface area (Å²) < 4.78 is 6.79. The molecule has 0 N–H and O–H groups in total. The number of pyridine rings is 3. The van der Waals surface area contributed by atoms with Gasteiger partial charge in [0.1, 0.15) is 21.1 Å². The van der Waals surface area contributed by atoms with Gasteiger partial charge in [-0.2, -0.15) is 0 Å². The molecule has 0 saturated carbocycles. The van der Waals surface area contributed by atoms with Crippen LogP contribution in [-0.4, -0.2) is 0 Å². The molecular weight excluding hydrogens is 1320 g/mol. The van der Waals surface area contributed by atoms with E-state index < -0.39 is 0 Å². The summed E-state index contributed by atoms with van der Waals surface area (Å²) in [6, 6.07) is 118. The smallest absolute Gasteiger partial charge is 0.201 e. The second-order valence-corrected chi connectivity index (χ2v) is 31.6. The summed E-state index contributed by atoms with van der Waals surface area (Å²) >= 11 is 0. The predicted molar refractivity (Wildman–Crippen MR) is 446 cm³/mol. The highest BCUT2D eigenvalue weighted by Gasteiger charge is 2.46. The lowest BCUT2D eigenvalue weighted by molar-refractivity contribution is -0.660. The van der Waals surface area contributed by atoms with Crippen molar-refractivity contribution >= 4 is 32.3 Å². The van der Waals surface area contributed by atoms with Crippen LogP contribution in [0.15, 0.2) is 334 Å². The molecule has 14 aromatic carbocycles. The summed E-state index contributed by atoms with van der Waals surface area (Å²) in [4.78, 5) is 0. The minimum absolute atomic E-state index is 0.254. The molecular formula is C106H82N3+3. The number of aryl methyl sites for hydroxylation is 7. The molecule has 9 aliphatic carbocycles. The van der Waals surface area contributed by atoms with E-state index in [0.717, 1.165) is 0 Å². The Morgan fingerprint density at radius 1 is 0.183 bits per heavy atom. The zero-order valence-electron chi connectivity index (χ0n) is 62.6. The van der Waals surface area contributed by atoms with Crippen molar-refractivity contribution in [3.8, 4) is 56.0 Å². The summed E-state index contributed by atoms with van der Waals surface area (Å²) in [6.45, 7) is 9.04. The van der Waals surface area contributed by atoms with Gasteiger partial charge in [-0.1, -0.05) is 224 Å². The highest BCUT2D eigenvalue weighted by atomic mass is 14.9. The molecule has 109 heavy (non-hydrogen) atoms. The van der Waals surface area contributed by atoms with E-state index in [1.807, 2.05) is 0 Å². The topological polar surface area (TPSA) is 11.6 Å². The fourth-order valence-corrected chi connectivity index (χ4v) is 20.5. The van der Waals surface area contributed by atoms with E-state index in [1.54, 1.807) is 0 Å². The first-order valence-corrected chi connectivity index (χ1v) is 38.8. The summed E-state index contributed by atoms with van der Waals surface area (Å²) in [7, 11) is 6.47. The lowest BCUT2D eigenvalue weighted by Crippen LogP contribution is -2.32. The Bertz CT molecular complexity index is 6680. The fourth-order valence-electron chi connectivity index (χ4n) is 20.5. The third-order valence-electron chi connectivity index (χ3n) is 25.4. The maximum Gasteiger partial charge on any atom is 0.213 e. The average molecular weight is 1400 g/mol. The molecule has 6 unspecified atom stereocenters. The molecule has 3 heterocycles. The van der Waals surface area contributed by atoms with Crippen molar-refractivity contribution in [3.05, 3.63) is 456 Å². The third kappa shape index (κ3) is 10.2. The molecule has 0 aliphatic heterocycles. The van der Waals surface area contributed by atoms with E-state index >= 15 is 0 Å². The van der Waals surface area contributed by atoms with Crippen molar-refractivity contribution in [2.45, 2.75) is 63.2 Å². The van der Waals surface area contributed by atoms with Crippen LogP contribution < -0.4 is 13.7 Å². The second-order valence-electron chi connectivity index (χ2n) is 31.6. The molecule has 3 aromatic heterocycles. The van der Waals surface area contributed by atoms with Gasteiger partial charge in [-0.25, -0.2) is 13.7 Å². The van der Waals surface area contributed by atoms with E-state index in [9.17, 15) is 0 Å². The first-order chi connectivity index (χ1) is 53.5. The molecule has 26 rings (SSSR count). The molecule has 6 bridgehead atoms. The van der Waals surface area contributed by atoms with Crippen molar-refractivity contribution in [2.24, 2.45) is 21.1 Å². The Balaban J connectivity index is 0.000000105. The van der Waals surface area contributed by atoms with Crippen LogP contribution >= 0.6 is 0 Å². The monoisotopic (exact) mass is 1400 g/mol. The van der Waals surface area contributed by atoms with E-state index in [1.165, 1.54) is 211 Å². The third-order valence-corrected chi connectivity index (χ3v) is 25.4. The van der Waals surface area contributed by atoms with Gasteiger partial charge < -0.3 is 0 Å². The van der Waals surface area contributed by atoms with E-state index in [2.05, 4.69) is 397 Å². The Morgan fingerprint density at radius 2 is 0.468 bits per heavy atom. The largest absolute Gasteiger partial charge is 0.213 e. The van der Waals surface area contributed by atoms with Crippen molar-refractivity contribution in [1.29, 1.82) is 0 Å². The first kappa shape index (κ1) is 64.7. The maximum absolute atomic E-state index is 2.51. The Hall–Kier alpha value is -12.7. The van der Waals surface area contributed by atoms with Gasteiger partial charge >= 0.3 is 0 Å². The average Bonchev–Trinajstić information content (AvgIpc) is 0.707. The van der Waals surface area contributed by atoms with Gasteiger partial charge in [0.05, 0.1) is 0 Å². The van der Waals surface area contributed by atoms with Crippen molar-refractivity contribution in [2.75, 3.05) is 0 Å². The molecule has 17 aromatic rings. The molecule has 518 valence electrons. The lowest BCUT2D eigenvalue weighted by atomic mass is 9.60. The molecule has 3 nitrogen and oxygen atoms in total. The van der Waals surface area contributed by atoms with Crippen LogP contribution in [0.3, 0.4) is 0 Å². The number of rotatable bonds is 5. The van der Waals surface area contributed by atoms with Gasteiger partial charge in [-0.15, -0.1) is 0 Å². The Morgan fingerprint density at radius 3 is 0.826 bits per heavy atom. The molecule has 0 fully saturated rings. The van der Waals surface area contributed by atoms with Crippen molar-refractivity contribution in [3.63, 3.8) is 0 Å². The SMILES string of the molecule is Cc1c[n+](C)c(-c2cc3c(cc2C)C2c4ccccc4C3c3cc4ccccc4cc32)cc1-c1ccccc1.Cc1cc2c(cc1-c1cc(-c3ccccc3)cc[n+]1C)C1c3ccccc3C2c2cc3ccccc3cc21.Cc1cc2c(cc1-c1cccc[n+]1C)C1c3ccccc3C2c2cc3ccccc3cc21. The van der Waals surface area contributed by atoms with Crippen LogP contribution in [0, 0.1) is 27.7 Å². The van der Waals surface area contributed by atoms with Gasteiger partial charge in [0.15, 0.2) is 18.6 Å². The lowest BCUT2D eigenvalue weighted by Gasteiger charge is -2.42. The molecule has 0 spiro atoms. The number of fused-ring (bicyclic) bond motifs is 3. The van der Waals surface area contributed by atoms with E-state index in [-0.39, 0.29) is 23.7 Å². The van der Waals surface area contributed by atoms with Crippen LogP contribution in [0.2, 0.25) is 0 Å². The molecule has 3 heteroatoms. The van der Waals surface area contributed by atoms with Crippen LogP contribution in [0.1, 0.15) is 158 Å². The molecule has 6 atom stereocenters. The van der Waals surface area contributed by atoms with Crippen molar-refractivity contribution < 1.29 is 13.7 Å². The second kappa shape index (κ2) is 25.2. The zero-order chi connectivity index (χ0) is 73.0. The number of hydrogen-bond acceptors (Lipinski definition) is 0. The van der Waals surface area contributed by atoms with Gasteiger partial charge in [-0.3, -0.25) is 0 Å². The van der Waals surface area contributed by atoms with Gasteiger partial charge in [0.2, 0.25) is 17.1 Å². The molecule has 0 saturated heterocycles. The van der Waals surface area contributed by atoms with Crippen LogP contribution in [-0.2, 0) is 21.1 Å². The van der Waals surface area contributed by atoms with Gasteiger partial charge in [-0.05, 0) is 260 Å². The molecule has 0 amide bonds. The summed E-state index contributed by atoms with van der Waals surface area (Å²) in [5.74, 6) is 1.67. The fraction of sp³-hybridized carbons (Fsp3) is 0.123. The number of hydrogen-bond donors (Lipinski definition) is 0. The summed E-state index contributed by atoms with van der Waals surface area (Å²) in [5, 5.41) is 7.98. The highest BCUT2D eigenvalue weighted by Crippen LogP contribution is 2.61. The standard InChI is InChI=1S/C38H30N.C37H28N.C31H24N/c1-23-17-32-35(20-31(23)36-21-30(24(2)22-39(36)3)25-11-5-4-6-12-25)38-29-16-10-9-15-28(29)37(32)33-18-26-13-7-8-14-27(26)19-34(33)38;1-23-18-31-34(22-30(23)35-21-27(16-17-38(35)2)24-10-4-3-5-11-24)37-29-15-9-8-14-28(29)36(31)32-19-25-12-6-7-13-26(25)20-33(32)37;1-19-15-25-28(18-24(19)29-13-7-8-14-32(29)2)31-23-12-6-5-11-22(23)30(25)26-16-20-9-3-4-10-21(20)17-27(26)31/h4-22,37-38H,1-3H3;3-22,36-37H,1-2H3;3-18,30-31H,1-2H3/q3*+1. The van der Waals surface area contributed by atoms with Crippen LogP contribution in [0.4, 0.5) is 0 Å². The van der Waals surface area contributed by atoms with E-state index in [0.29, 0.717) is 11.8 Å². The quantitative estimate of drug-likeness (QED) is 0.152. The van der Waals surface area contributed by atoms with Crippen LogP contribution in [0.25, 0.3) is 88.3 Å². The van der Waals surface area contributed by atoms with E-state index in [4.69, 9.17) is 0 Å². The van der Waals surface area contributed by atoms with Crippen LogP contribution in [0.5, 0.6) is 0 Å². The first-order valence-electron chi connectivity index (χ1n) is 38.8. The Kier molecular flexibility index (Phi) is 15.0. The normalized spacial score (nSPS) is 16.9. The molecule has 9 aliphatic rings. The molecule has 0 radical (unpaired) electrons. The van der Waals surface area contributed by atoms with Gasteiger partial charge in [0.25, 0.3) is 0 Å². The summed E-state index contributed by atoms with van der Waals surface area (Å²) in [5.41, 5.74) is 44.6. The number of nitrogens with zero attached hydrogens (tertiary/aromatic N) is 3. The maximum atomic E-state index is 2.51. The van der Waals surface area contributed by atoms with Crippen molar-refractivity contribution in [1.82, 2.24) is 0 Å². The minimum atomic E-state index is 0.254.